The summed E-state index contributed by atoms with van der Waals surface area (Å²) in [6, 6.07) is 9.95. The number of furan rings is 1. The highest BCUT2D eigenvalue weighted by Crippen LogP contribution is 2.24. The number of methoxy groups -OCH3 is 1. The van der Waals surface area contributed by atoms with Crippen molar-refractivity contribution in [2.75, 3.05) is 12.0 Å². The summed E-state index contributed by atoms with van der Waals surface area (Å²) in [5, 5.41) is 2.21. The molecule has 1 aliphatic rings. The van der Waals surface area contributed by atoms with Crippen molar-refractivity contribution < 1.29 is 28.3 Å². The van der Waals surface area contributed by atoms with Gasteiger partial charge < -0.3 is 13.9 Å². The van der Waals surface area contributed by atoms with Crippen LogP contribution in [0.1, 0.15) is 5.76 Å². The van der Waals surface area contributed by atoms with E-state index in [0.29, 0.717) is 17.2 Å². The van der Waals surface area contributed by atoms with Crippen molar-refractivity contribution in [2.45, 2.75) is 6.61 Å². The third kappa shape index (κ3) is 3.52. The first-order valence-electron chi connectivity index (χ1n) is 7.29. The van der Waals surface area contributed by atoms with Crippen LogP contribution in [-0.4, -0.2) is 25.0 Å². The van der Waals surface area contributed by atoms with E-state index in [1.165, 1.54) is 0 Å². The number of hydrogen-bond donors (Lipinski definition) is 1. The summed E-state index contributed by atoms with van der Waals surface area (Å²) in [4.78, 5) is 36.4. The lowest BCUT2D eigenvalue weighted by atomic mass is 10.2. The fraction of sp³-hybridized carbons (Fsp3) is 0.118. The predicted molar refractivity (Wildman–Crippen MR) is 85.6 cm³/mol. The summed E-state index contributed by atoms with van der Waals surface area (Å²) < 4.78 is 15.1. The van der Waals surface area contributed by atoms with Crippen molar-refractivity contribution in [3.05, 3.63) is 60.2 Å². The summed E-state index contributed by atoms with van der Waals surface area (Å²) in [5.74, 6) is 0.0390. The molecule has 0 saturated heterocycles. The zero-order valence-electron chi connectivity index (χ0n) is 13.2. The average Bonchev–Trinajstić information content (AvgIpc) is 3.22. The number of imide groups is 1. The molecule has 0 spiro atoms. The van der Waals surface area contributed by atoms with Gasteiger partial charge in [0.25, 0.3) is 11.8 Å². The lowest BCUT2D eigenvalue weighted by Gasteiger charge is -2.15. The molecule has 2 heterocycles. The monoisotopic (exact) mass is 342 g/mol. The van der Waals surface area contributed by atoms with Crippen molar-refractivity contribution >= 4 is 23.6 Å². The fourth-order valence-corrected chi connectivity index (χ4v) is 2.21. The minimum atomic E-state index is -0.823. The standard InChI is InChI=1S/C17H14N2O6/c1-23-17(22)18-14-9-15(20)19(16(14)21)11-4-6-12(7-5-11)25-10-13-3-2-8-24-13/h2-9H,10H2,1H3,(H,18,22). The van der Waals surface area contributed by atoms with Crippen LogP contribution < -0.4 is 15.0 Å². The molecular weight excluding hydrogens is 328 g/mol. The van der Waals surface area contributed by atoms with E-state index in [2.05, 4.69) is 10.1 Å². The largest absolute Gasteiger partial charge is 0.486 e. The highest BCUT2D eigenvalue weighted by Gasteiger charge is 2.33. The van der Waals surface area contributed by atoms with E-state index in [1.807, 2.05) is 0 Å². The third-order valence-electron chi connectivity index (χ3n) is 3.40. The second kappa shape index (κ2) is 6.91. The van der Waals surface area contributed by atoms with Gasteiger partial charge in [0, 0.05) is 6.08 Å². The molecule has 1 aromatic heterocycles. The van der Waals surface area contributed by atoms with E-state index in [4.69, 9.17) is 9.15 Å². The second-order valence-electron chi connectivity index (χ2n) is 5.02. The fourth-order valence-electron chi connectivity index (χ4n) is 2.21. The van der Waals surface area contributed by atoms with Crippen LogP contribution in [0.25, 0.3) is 0 Å². The maximum Gasteiger partial charge on any atom is 0.411 e. The SMILES string of the molecule is COC(=O)NC1=CC(=O)N(c2ccc(OCc3ccco3)cc2)C1=O. The van der Waals surface area contributed by atoms with Crippen LogP contribution in [0.4, 0.5) is 10.5 Å². The maximum atomic E-state index is 12.3. The van der Waals surface area contributed by atoms with E-state index < -0.39 is 17.9 Å². The summed E-state index contributed by atoms with van der Waals surface area (Å²) >= 11 is 0. The van der Waals surface area contributed by atoms with E-state index in [1.54, 1.807) is 42.7 Å². The Hall–Kier alpha value is -3.55. The Bertz CT molecular complexity index is 823. The number of carbonyl (C=O) groups is 3. The quantitative estimate of drug-likeness (QED) is 0.834. The number of nitrogens with zero attached hydrogens (tertiary/aromatic N) is 1. The molecule has 1 aromatic carbocycles. The molecule has 8 heteroatoms. The Kier molecular flexibility index (Phi) is 4.51. The van der Waals surface area contributed by atoms with Crippen molar-refractivity contribution in [1.29, 1.82) is 0 Å². The number of anilines is 1. The van der Waals surface area contributed by atoms with Gasteiger partial charge in [-0.2, -0.15) is 0 Å². The first kappa shape index (κ1) is 16.3. The van der Waals surface area contributed by atoms with Crippen LogP contribution in [0.5, 0.6) is 5.75 Å². The third-order valence-corrected chi connectivity index (χ3v) is 3.40. The second-order valence-corrected chi connectivity index (χ2v) is 5.02. The molecule has 25 heavy (non-hydrogen) atoms. The zero-order chi connectivity index (χ0) is 17.8. The van der Waals surface area contributed by atoms with Crippen molar-refractivity contribution in [1.82, 2.24) is 5.32 Å². The summed E-state index contributed by atoms with van der Waals surface area (Å²) in [6.07, 6.45) is 1.77. The van der Waals surface area contributed by atoms with Crippen molar-refractivity contribution in [2.24, 2.45) is 0 Å². The Morgan fingerprint density at radius 1 is 1.20 bits per heavy atom. The van der Waals surface area contributed by atoms with Crippen molar-refractivity contribution in [3.8, 4) is 5.75 Å². The van der Waals surface area contributed by atoms with Crippen LogP contribution >= 0.6 is 0 Å². The molecule has 0 fully saturated rings. The molecule has 0 aliphatic carbocycles. The summed E-state index contributed by atoms with van der Waals surface area (Å²) in [7, 11) is 1.16. The van der Waals surface area contributed by atoms with E-state index in [-0.39, 0.29) is 12.3 Å². The molecule has 128 valence electrons. The van der Waals surface area contributed by atoms with Crippen LogP contribution in [0.2, 0.25) is 0 Å². The number of rotatable bonds is 5. The number of alkyl carbamates (subject to hydrolysis) is 1. The van der Waals surface area contributed by atoms with Gasteiger partial charge in [0.1, 0.15) is 23.8 Å². The first-order valence-corrected chi connectivity index (χ1v) is 7.29. The molecule has 3 rings (SSSR count). The van der Waals surface area contributed by atoms with Gasteiger partial charge in [-0.15, -0.1) is 0 Å². The highest BCUT2D eigenvalue weighted by atomic mass is 16.5. The van der Waals surface area contributed by atoms with Gasteiger partial charge in [-0.05, 0) is 36.4 Å². The lowest BCUT2D eigenvalue weighted by molar-refractivity contribution is -0.120. The van der Waals surface area contributed by atoms with E-state index >= 15 is 0 Å². The average molecular weight is 342 g/mol. The molecule has 0 bridgehead atoms. The Morgan fingerprint density at radius 3 is 2.60 bits per heavy atom. The van der Waals surface area contributed by atoms with Gasteiger partial charge in [0.15, 0.2) is 0 Å². The lowest BCUT2D eigenvalue weighted by Crippen LogP contribution is -2.35. The highest BCUT2D eigenvalue weighted by molar-refractivity contribution is 6.30. The number of carbonyl (C=O) groups excluding carboxylic acids is 3. The van der Waals surface area contributed by atoms with Crippen LogP contribution in [0, 0.1) is 0 Å². The molecule has 0 saturated carbocycles. The topological polar surface area (TPSA) is 98.1 Å². The van der Waals surface area contributed by atoms with Gasteiger partial charge in [0.2, 0.25) is 0 Å². The molecule has 3 amide bonds. The maximum absolute atomic E-state index is 12.3. The smallest absolute Gasteiger partial charge is 0.411 e. The number of amides is 3. The van der Waals surface area contributed by atoms with Crippen molar-refractivity contribution in [3.63, 3.8) is 0 Å². The minimum Gasteiger partial charge on any atom is -0.486 e. The molecule has 2 aromatic rings. The number of ether oxygens (including phenoxy) is 2. The zero-order valence-corrected chi connectivity index (χ0v) is 13.2. The number of nitrogens with one attached hydrogen (secondary N) is 1. The molecular formula is C17H14N2O6. The predicted octanol–water partition coefficient (Wildman–Crippen LogP) is 1.97. The Labute approximate surface area is 142 Å². The Morgan fingerprint density at radius 2 is 1.96 bits per heavy atom. The van der Waals surface area contributed by atoms with Gasteiger partial charge in [0.05, 0.1) is 19.1 Å². The number of hydrogen-bond acceptors (Lipinski definition) is 6. The Balaban J connectivity index is 1.67. The normalized spacial score (nSPS) is 13.6. The molecule has 0 unspecified atom stereocenters. The summed E-state index contributed by atoms with van der Waals surface area (Å²) in [5.41, 5.74) is 0.216. The number of benzene rings is 1. The molecule has 1 N–H and O–H groups in total. The van der Waals surface area contributed by atoms with Gasteiger partial charge >= 0.3 is 6.09 Å². The van der Waals surface area contributed by atoms with E-state index in [0.717, 1.165) is 18.1 Å². The molecule has 0 radical (unpaired) electrons. The molecule has 1 aliphatic heterocycles. The first-order chi connectivity index (χ1) is 12.1. The van der Waals surface area contributed by atoms with Crippen LogP contribution in [-0.2, 0) is 20.9 Å². The van der Waals surface area contributed by atoms with Gasteiger partial charge in [-0.25, -0.2) is 9.69 Å². The van der Waals surface area contributed by atoms with Gasteiger partial charge in [-0.1, -0.05) is 0 Å². The molecule has 0 atom stereocenters. The minimum absolute atomic E-state index is 0.144. The molecule has 8 nitrogen and oxygen atoms in total. The van der Waals surface area contributed by atoms with Crippen LogP contribution in [0.15, 0.2) is 58.9 Å². The summed E-state index contributed by atoms with van der Waals surface area (Å²) in [6.45, 7) is 0.267. The van der Waals surface area contributed by atoms with E-state index in [9.17, 15) is 14.4 Å². The van der Waals surface area contributed by atoms with Crippen LogP contribution in [0.3, 0.4) is 0 Å². The van der Waals surface area contributed by atoms with Gasteiger partial charge in [-0.3, -0.25) is 14.9 Å².